The molecule has 0 radical (unpaired) electrons. The Morgan fingerprint density at radius 2 is 2.12 bits per heavy atom. The lowest BCUT2D eigenvalue weighted by atomic mass is 10.1. The highest BCUT2D eigenvalue weighted by atomic mass is 16.6. The quantitative estimate of drug-likeness (QED) is 0.644. The molecule has 5 nitrogen and oxygen atoms in total. The average molecular weight is 236 g/mol. The predicted octanol–water partition coefficient (Wildman–Crippen LogP) is 2.03. The van der Waals surface area contributed by atoms with Gasteiger partial charge in [-0.25, -0.2) is 0 Å². The van der Waals surface area contributed by atoms with Crippen LogP contribution in [0.3, 0.4) is 0 Å². The van der Waals surface area contributed by atoms with Gasteiger partial charge in [0.05, 0.1) is 4.92 Å². The molecule has 1 aliphatic rings. The minimum Gasteiger partial charge on any atom is -0.483 e. The lowest BCUT2D eigenvalue weighted by Crippen LogP contribution is -2.34. The van der Waals surface area contributed by atoms with E-state index in [0.717, 1.165) is 31.5 Å². The molecule has 1 N–H and O–H groups in total. The molecule has 0 spiro atoms. The maximum atomic E-state index is 10.9. The molecule has 0 saturated carbocycles. The Balaban J connectivity index is 2.16. The van der Waals surface area contributed by atoms with Gasteiger partial charge in [-0.05, 0) is 44.5 Å². The topological polar surface area (TPSA) is 64.4 Å². The zero-order valence-electron chi connectivity index (χ0n) is 9.81. The molecular weight excluding hydrogens is 220 g/mol. The zero-order valence-corrected chi connectivity index (χ0v) is 9.81. The van der Waals surface area contributed by atoms with Crippen LogP contribution in [0.1, 0.15) is 18.4 Å². The van der Waals surface area contributed by atoms with E-state index in [4.69, 9.17) is 4.74 Å². The molecular formula is C12H16N2O3. The molecule has 0 aromatic heterocycles. The van der Waals surface area contributed by atoms with Crippen LogP contribution < -0.4 is 10.1 Å². The van der Waals surface area contributed by atoms with Crippen molar-refractivity contribution in [2.75, 3.05) is 13.1 Å². The number of hydrogen-bond acceptors (Lipinski definition) is 4. The summed E-state index contributed by atoms with van der Waals surface area (Å²) in [5.74, 6) is 0.382. The summed E-state index contributed by atoms with van der Waals surface area (Å²) >= 11 is 0. The van der Waals surface area contributed by atoms with Gasteiger partial charge in [-0.3, -0.25) is 10.1 Å². The van der Waals surface area contributed by atoms with E-state index in [2.05, 4.69) is 5.32 Å². The Labute approximate surface area is 99.9 Å². The summed E-state index contributed by atoms with van der Waals surface area (Å²) in [7, 11) is 0. The average Bonchev–Trinajstić information content (AvgIpc) is 2.32. The Bertz CT molecular complexity index is 414. The molecule has 1 fully saturated rings. The van der Waals surface area contributed by atoms with Crippen LogP contribution in [0.2, 0.25) is 0 Å². The highest BCUT2D eigenvalue weighted by Gasteiger charge is 2.20. The SMILES string of the molecule is Cc1ccc(OC2CCNCC2)c([N+](=O)[O-])c1. The third-order valence-corrected chi connectivity index (χ3v) is 2.89. The van der Waals surface area contributed by atoms with Crippen LogP contribution in [0, 0.1) is 17.0 Å². The third-order valence-electron chi connectivity index (χ3n) is 2.89. The molecule has 2 rings (SSSR count). The van der Waals surface area contributed by atoms with Gasteiger partial charge in [-0.2, -0.15) is 0 Å². The minimum absolute atomic E-state index is 0.0588. The molecule has 92 valence electrons. The number of nitrogens with zero attached hydrogens (tertiary/aromatic N) is 1. The highest BCUT2D eigenvalue weighted by molar-refractivity contribution is 5.48. The Morgan fingerprint density at radius 1 is 1.41 bits per heavy atom. The fourth-order valence-corrected chi connectivity index (χ4v) is 1.96. The molecule has 5 heteroatoms. The van der Waals surface area contributed by atoms with Crippen molar-refractivity contribution in [3.05, 3.63) is 33.9 Å². The van der Waals surface area contributed by atoms with E-state index in [0.29, 0.717) is 5.75 Å². The first kappa shape index (κ1) is 11.9. The van der Waals surface area contributed by atoms with Gasteiger partial charge in [0.15, 0.2) is 5.75 Å². The monoisotopic (exact) mass is 236 g/mol. The Hall–Kier alpha value is -1.62. The van der Waals surface area contributed by atoms with Crippen LogP contribution in [0.4, 0.5) is 5.69 Å². The van der Waals surface area contributed by atoms with Crippen molar-refractivity contribution in [2.24, 2.45) is 0 Å². The highest BCUT2D eigenvalue weighted by Crippen LogP contribution is 2.29. The summed E-state index contributed by atoms with van der Waals surface area (Å²) < 4.78 is 5.72. The number of benzene rings is 1. The number of rotatable bonds is 3. The van der Waals surface area contributed by atoms with Crippen molar-refractivity contribution < 1.29 is 9.66 Å². The van der Waals surface area contributed by atoms with Crippen molar-refractivity contribution in [1.82, 2.24) is 5.32 Å². The summed E-state index contributed by atoms with van der Waals surface area (Å²) in [5, 5.41) is 14.2. The maximum Gasteiger partial charge on any atom is 0.311 e. The Morgan fingerprint density at radius 3 is 2.76 bits per heavy atom. The van der Waals surface area contributed by atoms with Crippen molar-refractivity contribution in [3.63, 3.8) is 0 Å². The molecule has 1 aliphatic heterocycles. The largest absolute Gasteiger partial charge is 0.483 e. The number of aryl methyl sites for hydroxylation is 1. The van der Waals surface area contributed by atoms with Crippen LogP contribution in [0.15, 0.2) is 18.2 Å². The number of nitrogens with one attached hydrogen (secondary N) is 1. The van der Waals surface area contributed by atoms with E-state index >= 15 is 0 Å². The van der Waals surface area contributed by atoms with Crippen molar-refractivity contribution in [2.45, 2.75) is 25.9 Å². The van der Waals surface area contributed by atoms with Gasteiger partial charge < -0.3 is 10.1 Å². The second-order valence-corrected chi connectivity index (χ2v) is 4.30. The summed E-state index contributed by atoms with van der Waals surface area (Å²) in [4.78, 5) is 10.5. The first-order chi connectivity index (χ1) is 8.16. The fraction of sp³-hybridized carbons (Fsp3) is 0.500. The molecule has 1 heterocycles. The van der Waals surface area contributed by atoms with Crippen LogP contribution in [-0.4, -0.2) is 24.1 Å². The van der Waals surface area contributed by atoms with E-state index in [1.807, 2.05) is 13.0 Å². The number of nitro benzene ring substituents is 1. The van der Waals surface area contributed by atoms with Crippen LogP contribution in [-0.2, 0) is 0 Å². The van der Waals surface area contributed by atoms with Gasteiger partial charge in [0, 0.05) is 6.07 Å². The second kappa shape index (κ2) is 5.14. The minimum atomic E-state index is -0.386. The van der Waals surface area contributed by atoms with Crippen molar-refractivity contribution >= 4 is 5.69 Å². The third kappa shape index (κ3) is 2.94. The van der Waals surface area contributed by atoms with Crippen LogP contribution in [0.25, 0.3) is 0 Å². The van der Waals surface area contributed by atoms with E-state index in [9.17, 15) is 10.1 Å². The zero-order chi connectivity index (χ0) is 12.3. The van der Waals surface area contributed by atoms with Crippen molar-refractivity contribution in [3.8, 4) is 5.75 Å². The fourth-order valence-electron chi connectivity index (χ4n) is 1.96. The number of nitro groups is 1. The second-order valence-electron chi connectivity index (χ2n) is 4.30. The molecule has 0 unspecified atom stereocenters. The Kier molecular flexibility index (Phi) is 3.58. The molecule has 1 saturated heterocycles. The lowest BCUT2D eigenvalue weighted by molar-refractivity contribution is -0.386. The standard InChI is InChI=1S/C12H16N2O3/c1-9-2-3-12(11(8-9)14(15)16)17-10-4-6-13-7-5-10/h2-3,8,10,13H,4-7H2,1H3. The first-order valence-electron chi connectivity index (χ1n) is 5.79. The van der Waals surface area contributed by atoms with Gasteiger partial charge >= 0.3 is 5.69 Å². The summed E-state index contributed by atoms with van der Waals surface area (Å²) in [5.41, 5.74) is 0.929. The maximum absolute atomic E-state index is 10.9. The molecule has 0 amide bonds. The number of hydrogen-bond donors (Lipinski definition) is 1. The lowest BCUT2D eigenvalue weighted by Gasteiger charge is -2.23. The van der Waals surface area contributed by atoms with E-state index in [-0.39, 0.29) is 16.7 Å². The van der Waals surface area contributed by atoms with E-state index < -0.39 is 0 Å². The summed E-state index contributed by atoms with van der Waals surface area (Å²) in [6.45, 7) is 3.65. The van der Waals surface area contributed by atoms with Gasteiger partial charge in [0.1, 0.15) is 6.10 Å². The van der Waals surface area contributed by atoms with Gasteiger partial charge in [0.2, 0.25) is 0 Å². The smallest absolute Gasteiger partial charge is 0.311 e. The summed E-state index contributed by atoms with van der Waals surface area (Å²) in [6, 6.07) is 5.08. The molecule has 1 aromatic rings. The number of ether oxygens (including phenoxy) is 1. The van der Waals surface area contributed by atoms with E-state index in [1.165, 1.54) is 0 Å². The molecule has 0 bridgehead atoms. The van der Waals surface area contributed by atoms with E-state index in [1.54, 1.807) is 12.1 Å². The first-order valence-corrected chi connectivity index (χ1v) is 5.79. The normalized spacial score (nSPS) is 16.8. The van der Waals surface area contributed by atoms with Gasteiger partial charge in [0.25, 0.3) is 0 Å². The summed E-state index contributed by atoms with van der Waals surface area (Å²) in [6.07, 6.45) is 1.87. The molecule has 0 aliphatic carbocycles. The molecule has 1 aromatic carbocycles. The molecule has 0 atom stereocenters. The predicted molar refractivity (Wildman–Crippen MR) is 64.4 cm³/mol. The van der Waals surface area contributed by atoms with Gasteiger partial charge in [-0.1, -0.05) is 6.07 Å². The number of piperidine rings is 1. The van der Waals surface area contributed by atoms with Gasteiger partial charge in [-0.15, -0.1) is 0 Å². The molecule has 17 heavy (non-hydrogen) atoms. The van der Waals surface area contributed by atoms with Crippen molar-refractivity contribution in [1.29, 1.82) is 0 Å². The van der Waals surface area contributed by atoms with Crippen LogP contribution in [0.5, 0.6) is 5.75 Å². The van der Waals surface area contributed by atoms with Crippen LogP contribution >= 0.6 is 0 Å².